The lowest BCUT2D eigenvalue weighted by atomic mass is 9.83. The number of hydrogen-bond donors (Lipinski definition) is 1. The molecular weight excluding hydrogens is 210 g/mol. The van der Waals surface area contributed by atoms with Crippen molar-refractivity contribution in [3.05, 3.63) is 11.6 Å². The van der Waals surface area contributed by atoms with Crippen molar-refractivity contribution in [2.45, 2.75) is 39.0 Å². The first-order chi connectivity index (χ1) is 8.31. The smallest absolute Gasteiger partial charge is 0.0587 e. The number of nitrogens with one attached hydrogen (secondary N) is 1. The largest absolute Gasteiger partial charge is 0.383 e. The van der Waals surface area contributed by atoms with Crippen molar-refractivity contribution in [3.8, 4) is 0 Å². The van der Waals surface area contributed by atoms with E-state index in [1.807, 2.05) is 0 Å². The van der Waals surface area contributed by atoms with E-state index in [1.165, 1.54) is 32.1 Å². The molecule has 2 rings (SSSR count). The minimum Gasteiger partial charge on any atom is -0.383 e. The molecule has 0 heterocycles. The van der Waals surface area contributed by atoms with Crippen molar-refractivity contribution in [2.24, 2.45) is 17.8 Å². The second-order valence-corrected chi connectivity index (χ2v) is 5.76. The van der Waals surface area contributed by atoms with Gasteiger partial charge in [0.1, 0.15) is 0 Å². The molecule has 0 aliphatic heterocycles. The number of hydrogen-bond acceptors (Lipinski definition) is 2. The van der Waals surface area contributed by atoms with Crippen LogP contribution in [0.2, 0.25) is 0 Å². The number of ether oxygens (including phenoxy) is 1. The fraction of sp³-hybridized carbons (Fsp3) is 0.867. The number of fused-ring (bicyclic) bond motifs is 2. The molecule has 3 unspecified atom stereocenters. The maximum absolute atomic E-state index is 5.01. The van der Waals surface area contributed by atoms with Crippen LogP contribution in [-0.4, -0.2) is 26.8 Å². The molecule has 2 aliphatic rings. The Hall–Kier alpha value is -0.340. The summed E-state index contributed by atoms with van der Waals surface area (Å²) < 4.78 is 5.01. The fourth-order valence-electron chi connectivity index (χ4n) is 3.65. The van der Waals surface area contributed by atoms with E-state index in [2.05, 4.69) is 18.3 Å². The summed E-state index contributed by atoms with van der Waals surface area (Å²) in [6.07, 6.45) is 9.63. The topological polar surface area (TPSA) is 21.3 Å². The Kier molecular flexibility index (Phi) is 5.05. The van der Waals surface area contributed by atoms with E-state index in [1.54, 1.807) is 12.7 Å². The highest BCUT2D eigenvalue weighted by Crippen LogP contribution is 2.50. The second kappa shape index (κ2) is 6.55. The summed E-state index contributed by atoms with van der Waals surface area (Å²) in [5, 5.41) is 3.40. The summed E-state index contributed by atoms with van der Waals surface area (Å²) in [6, 6.07) is 0. The summed E-state index contributed by atoms with van der Waals surface area (Å²) in [5.74, 6) is 3.01. The van der Waals surface area contributed by atoms with Gasteiger partial charge in [-0.05, 0) is 56.9 Å². The Morgan fingerprint density at radius 2 is 2.18 bits per heavy atom. The van der Waals surface area contributed by atoms with Crippen molar-refractivity contribution in [1.29, 1.82) is 0 Å². The molecule has 2 bridgehead atoms. The Morgan fingerprint density at radius 1 is 1.29 bits per heavy atom. The Morgan fingerprint density at radius 3 is 2.82 bits per heavy atom. The van der Waals surface area contributed by atoms with E-state index in [0.29, 0.717) is 0 Å². The van der Waals surface area contributed by atoms with Gasteiger partial charge in [-0.15, -0.1) is 0 Å². The van der Waals surface area contributed by atoms with Crippen LogP contribution in [-0.2, 0) is 4.74 Å². The maximum atomic E-state index is 5.01. The van der Waals surface area contributed by atoms with Crippen LogP contribution >= 0.6 is 0 Å². The molecule has 0 radical (unpaired) electrons. The van der Waals surface area contributed by atoms with Crippen LogP contribution in [0, 0.1) is 17.8 Å². The molecule has 0 amide bonds. The number of methoxy groups -OCH3 is 1. The predicted molar refractivity (Wildman–Crippen MR) is 72.1 cm³/mol. The minimum atomic E-state index is 0.815. The highest BCUT2D eigenvalue weighted by atomic mass is 16.5. The van der Waals surface area contributed by atoms with Crippen LogP contribution < -0.4 is 5.32 Å². The van der Waals surface area contributed by atoms with Crippen molar-refractivity contribution in [3.63, 3.8) is 0 Å². The summed E-state index contributed by atoms with van der Waals surface area (Å²) in [5.41, 5.74) is 1.66. The Balaban J connectivity index is 1.64. The van der Waals surface area contributed by atoms with Gasteiger partial charge in [0.05, 0.1) is 6.61 Å². The quantitative estimate of drug-likeness (QED) is 0.543. The molecular formula is C15H27NO. The lowest BCUT2D eigenvalue weighted by Gasteiger charge is -2.22. The molecule has 2 nitrogen and oxygen atoms in total. The molecule has 2 fully saturated rings. The lowest BCUT2D eigenvalue weighted by Crippen LogP contribution is -2.20. The van der Waals surface area contributed by atoms with E-state index in [4.69, 9.17) is 4.74 Å². The summed E-state index contributed by atoms with van der Waals surface area (Å²) in [6.45, 7) is 5.22. The van der Waals surface area contributed by atoms with E-state index in [9.17, 15) is 0 Å². The third kappa shape index (κ3) is 3.56. The zero-order valence-corrected chi connectivity index (χ0v) is 11.4. The summed E-state index contributed by atoms with van der Waals surface area (Å²) in [7, 11) is 1.75. The van der Waals surface area contributed by atoms with Crippen LogP contribution in [0.1, 0.15) is 39.0 Å². The van der Waals surface area contributed by atoms with Crippen molar-refractivity contribution in [1.82, 2.24) is 5.32 Å². The van der Waals surface area contributed by atoms with E-state index < -0.39 is 0 Å². The van der Waals surface area contributed by atoms with Gasteiger partial charge in [0.15, 0.2) is 0 Å². The minimum absolute atomic E-state index is 0.815. The van der Waals surface area contributed by atoms with Gasteiger partial charge in [0.25, 0.3) is 0 Å². The summed E-state index contributed by atoms with van der Waals surface area (Å²) >= 11 is 0. The zero-order valence-electron chi connectivity index (χ0n) is 11.4. The Bertz CT molecular complexity index is 262. The average Bonchev–Trinajstić information content (AvgIpc) is 2.95. The molecule has 98 valence electrons. The number of rotatable bonds is 7. The highest BCUT2D eigenvalue weighted by molar-refractivity contribution is 5.10. The fourth-order valence-corrected chi connectivity index (χ4v) is 3.65. The second-order valence-electron chi connectivity index (χ2n) is 5.76. The summed E-state index contributed by atoms with van der Waals surface area (Å²) in [4.78, 5) is 0. The third-order valence-corrected chi connectivity index (χ3v) is 4.59. The van der Waals surface area contributed by atoms with Gasteiger partial charge >= 0.3 is 0 Å². The van der Waals surface area contributed by atoms with Crippen LogP contribution in [0.25, 0.3) is 0 Å². The molecule has 0 aromatic carbocycles. The van der Waals surface area contributed by atoms with Crippen molar-refractivity contribution < 1.29 is 4.74 Å². The normalized spacial score (nSPS) is 32.4. The third-order valence-electron chi connectivity index (χ3n) is 4.59. The standard InChI is InChI=1S/C15H27NO/c1-12(4-3-7-16-8-9-17-2)15-11-13-5-6-14(15)10-13/h4,13-16H,3,5-11H2,1-2H3/b12-4-. The van der Waals surface area contributed by atoms with Crippen molar-refractivity contribution >= 4 is 0 Å². The monoisotopic (exact) mass is 237 g/mol. The first-order valence-corrected chi connectivity index (χ1v) is 7.17. The zero-order chi connectivity index (χ0) is 12.1. The number of allylic oxidation sites excluding steroid dienone is 1. The molecule has 0 aromatic rings. The van der Waals surface area contributed by atoms with Gasteiger partial charge in [-0.25, -0.2) is 0 Å². The van der Waals surface area contributed by atoms with Crippen LogP contribution in [0.3, 0.4) is 0 Å². The molecule has 17 heavy (non-hydrogen) atoms. The van der Waals surface area contributed by atoms with Gasteiger partial charge in [-0.1, -0.05) is 18.1 Å². The molecule has 2 aliphatic carbocycles. The molecule has 2 heteroatoms. The van der Waals surface area contributed by atoms with Gasteiger partial charge in [0, 0.05) is 13.7 Å². The average molecular weight is 237 g/mol. The molecule has 0 saturated heterocycles. The Labute approximate surface area is 106 Å². The first kappa shape index (κ1) is 13.1. The van der Waals surface area contributed by atoms with Crippen LogP contribution in [0.15, 0.2) is 11.6 Å². The first-order valence-electron chi connectivity index (χ1n) is 7.17. The van der Waals surface area contributed by atoms with Crippen LogP contribution in [0.4, 0.5) is 0 Å². The van der Waals surface area contributed by atoms with Gasteiger partial charge in [-0.3, -0.25) is 0 Å². The predicted octanol–water partition coefficient (Wildman–Crippen LogP) is 3.00. The van der Waals surface area contributed by atoms with E-state index >= 15 is 0 Å². The highest BCUT2D eigenvalue weighted by Gasteiger charge is 2.39. The van der Waals surface area contributed by atoms with E-state index in [0.717, 1.165) is 37.5 Å². The molecule has 0 spiro atoms. The molecule has 2 saturated carbocycles. The molecule has 0 aromatic heterocycles. The molecule has 3 atom stereocenters. The van der Waals surface area contributed by atoms with Crippen LogP contribution in [0.5, 0.6) is 0 Å². The van der Waals surface area contributed by atoms with Gasteiger partial charge in [-0.2, -0.15) is 0 Å². The SMILES string of the molecule is COCCNCC/C=C(/C)C1CC2CCC1C2. The van der Waals surface area contributed by atoms with Crippen molar-refractivity contribution in [2.75, 3.05) is 26.8 Å². The van der Waals surface area contributed by atoms with E-state index in [-0.39, 0.29) is 0 Å². The van der Waals surface area contributed by atoms with Gasteiger partial charge in [0.2, 0.25) is 0 Å². The lowest BCUT2D eigenvalue weighted by molar-refractivity contribution is 0.199. The maximum Gasteiger partial charge on any atom is 0.0587 e. The molecule has 1 N–H and O–H groups in total. The van der Waals surface area contributed by atoms with Gasteiger partial charge < -0.3 is 10.1 Å².